The van der Waals surface area contributed by atoms with E-state index in [1.54, 1.807) is 4.98 Å². The molecule has 3 N–H and O–H groups in total. The summed E-state index contributed by atoms with van der Waals surface area (Å²) in [5, 5.41) is 17.9. The molecule has 0 spiro atoms. The lowest BCUT2D eigenvalue weighted by atomic mass is 9.95. The summed E-state index contributed by atoms with van der Waals surface area (Å²) in [6.45, 7) is -0.620. The Balaban J connectivity index is 2.33. The number of hydrogen-bond acceptors (Lipinski definition) is 5. The Kier molecular flexibility index (Phi) is 3.09. The molecule has 0 amide bonds. The second kappa shape index (κ2) is 4.40. The second-order valence-electron chi connectivity index (χ2n) is 3.74. The van der Waals surface area contributed by atoms with Crippen molar-refractivity contribution in [1.82, 2.24) is 9.55 Å². The molecule has 0 saturated carbocycles. The first-order valence-electron chi connectivity index (χ1n) is 4.96. The Morgan fingerprint density at radius 2 is 2.12 bits per heavy atom. The van der Waals surface area contributed by atoms with Crippen LogP contribution >= 0.6 is 0 Å². The van der Waals surface area contributed by atoms with Gasteiger partial charge in [0.2, 0.25) is 5.82 Å². The van der Waals surface area contributed by atoms with Crippen LogP contribution in [0.2, 0.25) is 0 Å². The zero-order valence-electron chi connectivity index (χ0n) is 8.67. The molecule has 0 aliphatic carbocycles. The second-order valence-corrected chi connectivity index (χ2v) is 3.74. The van der Waals surface area contributed by atoms with Crippen LogP contribution in [0, 0.1) is 11.7 Å². The summed E-state index contributed by atoms with van der Waals surface area (Å²) in [4.78, 5) is 24.0. The number of nitrogens with one attached hydrogen (secondary N) is 1. The average Bonchev–Trinajstić information content (AvgIpc) is 2.25. The summed E-state index contributed by atoms with van der Waals surface area (Å²) in [7, 11) is 0. The summed E-state index contributed by atoms with van der Waals surface area (Å²) >= 11 is 0. The lowest BCUT2D eigenvalue weighted by molar-refractivity contribution is -0.246. The van der Waals surface area contributed by atoms with Crippen LogP contribution in [-0.4, -0.2) is 39.1 Å². The Morgan fingerprint density at radius 1 is 1.41 bits per heavy atom. The number of hydrogen-bond donors (Lipinski definition) is 3. The SMILES string of the molecule is O=c1[nH]c(=O)n([C@@H]2O[C@H](CO)[C@H]2CO)cc1F. The normalized spacial score (nSPS) is 27.8. The quantitative estimate of drug-likeness (QED) is 0.582. The zero-order valence-corrected chi connectivity index (χ0v) is 8.67. The van der Waals surface area contributed by atoms with Crippen molar-refractivity contribution in [3.05, 3.63) is 32.9 Å². The lowest BCUT2D eigenvalue weighted by Gasteiger charge is -2.43. The number of aliphatic hydroxyl groups is 2. The van der Waals surface area contributed by atoms with Crippen LogP contribution in [0.3, 0.4) is 0 Å². The minimum absolute atomic E-state index is 0.303. The van der Waals surface area contributed by atoms with E-state index in [1.165, 1.54) is 0 Å². The van der Waals surface area contributed by atoms with Crippen molar-refractivity contribution < 1.29 is 19.3 Å². The smallest absolute Gasteiger partial charge is 0.330 e. The minimum atomic E-state index is -1.11. The number of halogens is 1. The third kappa shape index (κ3) is 1.90. The third-order valence-corrected chi connectivity index (χ3v) is 2.75. The first-order valence-corrected chi connectivity index (χ1v) is 4.96. The van der Waals surface area contributed by atoms with Crippen molar-refractivity contribution >= 4 is 0 Å². The highest BCUT2D eigenvalue weighted by Gasteiger charge is 2.43. The minimum Gasteiger partial charge on any atom is -0.396 e. The lowest BCUT2D eigenvalue weighted by Crippen LogP contribution is -2.52. The van der Waals surface area contributed by atoms with E-state index in [-0.39, 0.29) is 13.2 Å². The van der Waals surface area contributed by atoms with Gasteiger partial charge in [-0.2, -0.15) is 4.39 Å². The molecule has 1 fully saturated rings. The fraction of sp³-hybridized carbons (Fsp3) is 0.556. The highest BCUT2D eigenvalue weighted by Crippen LogP contribution is 2.35. The molecule has 7 nitrogen and oxygen atoms in total. The number of H-pyrrole nitrogens is 1. The summed E-state index contributed by atoms with van der Waals surface area (Å²) in [6.07, 6.45) is -0.745. The van der Waals surface area contributed by atoms with E-state index in [2.05, 4.69) is 0 Å². The predicted molar refractivity (Wildman–Crippen MR) is 52.9 cm³/mol. The van der Waals surface area contributed by atoms with Gasteiger partial charge in [0, 0.05) is 0 Å². The van der Waals surface area contributed by atoms with Crippen molar-refractivity contribution in [3.8, 4) is 0 Å². The van der Waals surface area contributed by atoms with Crippen molar-refractivity contribution in [3.63, 3.8) is 0 Å². The fourth-order valence-electron chi connectivity index (χ4n) is 1.78. The van der Waals surface area contributed by atoms with Crippen LogP contribution < -0.4 is 11.2 Å². The van der Waals surface area contributed by atoms with Crippen LogP contribution in [-0.2, 0) is 4.74 Å². The molecule has 94 valence electrons. The Labute approximate surface area is 94.1 Å². The van der Waals surface area contributed by atoms with Gasteiger partial charge in [-0.15, -0.1) is 0 Å². The molecule has 1 aliphatic rings. The molecular formula is C9H11FN2O5. The number of aromatic amines is 1. The summed E-state index contributed by atoms with van der Waals surface area (Å²) in [5.41, 5.74) is -1.93. The number of nitrogens with zero attached hydrogens (tertiary/aromatic N) is 1. The molecule has 1 aromatic heterocycles. The van der Waals surface area contributed by atoms with Gasteiger partial charge in [0.15, 0.2) is 0 Å². The van der Waals surface area contributed by atoms with E-state index < -0.39 is 35.3 Å². The maximum atomic E-state index is 13.0. The molecule has 2 heterocycles. The van der Waals surface area contributed by atoms with Gasteiger partial charge in [0.05, 0.1) is 31.4 Å². The Bertz CT molecular complexity index is 525. The van der Waals surface area contributed by atoms with E-state index >= 15 is 0 Å². The van der Waals surface area contributed by atoms with Crippen molar-refractivity contribution in [2.24, 2.45) is 5.92 Å². The zero-order chi connectivity index (χ0) is 12.6. The highest BCUT2D eigenvalue weighted by atomic mass is 19.1. The Morgan fingerprint density at radius 3 is 2.71 bits per heavy atom. The van der Waals surface area contributed by atoms with Gasteiger partial charge in [-0.05, 0) is 0 Å². The molecule has 0 aromatic carbocycles. The van der Waals surface area contributed by atoms with Crippen LogP contribution in [0.5, 0.6) is 0 Å². The molecule has 1 saturated heterocycles. The van der Waals surface area contributed by atoms with Crippen LogP contribution in [0.25, 0.3) is 0 Å². The van der Waals surface area contributed by atoms with Crippen LogP contribution in [0.15, 0.2) is 15.8 Å². The molecule has 3 atom stereocenters. The summed E-state index contributed by atoms with van der Waals surface area (Å²) in [6, 6.07) is 0. The summed E-state index contributed by atoms with van der Waals surface area (Å²) in [5.74, 6) is -1.62. The van der Waals surface area contributed by atoms with Crippen molar-refractivity contribution in [1.29, 1.82) is 0 Å². The maximum Gasteiger partial charge on any atom is 0.330 e. The monoisotopic (exact) mass is 246 g/mol. The van der Waals surface area contributed by atoms with Crippen molar-refractivity contribution in [2.45, 2.75) is 12.3 Å². The van der Waals surface area contributed by atoms with Gasteiger partial charge < -0.3 is 14.9 Å². The maximum absolute atomic E-state index is 13.0. The van der Waals surface area contributed by atoms with Gasteiger partial charge in [0.25, 0.3) is 5.56 Å². The Hall–Kier alpha value is -1.51. The highest BCUT2D eigenvalue weighted by molar-refractivity contribution is 4.93. The number of rotatable bonds is 3. The van der Waals surface area contributed by atoms with E-state index in [0.717, 1.165) is 10.8 Å². The summed E-state index contributed by atoms with van der Waals surface area (Å²) < 4.78 is 19.0. The molecule has 0 bridgehead atoms. The number of aliphatic hydroxyl groups excluding tert-OH is 2. The van der Waals surface area contributed by atoms with E-state index in [4.69, 9.17) is 14.9 Å². The standard InChI is InChI=1S/C9H11FN2O5/c10-5-1-12(9(16)11-7(5)15)8-4(2-13)6(3-14)17-8/h1,4,6,8,13-14H,2-3H2,(H,11,15,16)/t4-,6-,8-/m1/s1. The largest absolute Gasteiger partial charge is 0.396 e. The van der Waals surface area contributed by atoms with E-state index in [9.17, 15) is 14.0 Å². The molecular weight excluding hydrogens is 235 g/mol. The number of ether oxygens (including phenoxy) is 1. The van der Waals surface area contributed by atoms with Gasteiger partial charge >= 0.3 is 5.69 Å². The van der Waals surface area contributed by atoms with Crippen LogP contribution in [0.1, 0.15) is 6.23 Å². The van der Waals surface area contributed by atoms with E-state index in [0.29, 0.717) is 0 Å². The first kappa shape index (κ1) is 12.0. The molecule has 0 unspecified atom stereocenters. The molecule has 8 heteroatoms. The van der Waals surface area contributed by atoms with Gasteiger partial charge in [-0.1, -0.05) is 0 Å². The molecule has 1 aliphatic heterocycles. The van der Waals surface area contributed by atoms with Crippen molar-refractivity contribution in [2.75, 3.05) is 13.2 Å². The first-order chi connectivity index (χ1) is 8.08. The topological polar surface area (TPSA) is 105 Å². The fourth-order valence-corrected chi connectivity index (χ4v) is 1.78. The molecule has 2 rings (SSSR count). The number of aromatic nitrogens is 2. The molecule has 17 heavy (non-hydrogen) atoms. The van der Waals surface area contributed by atoms with E-state index in [1.807, 2.05) is 0 Å². The van der Waals surface area contributed by atoms with Gasteiger partial charge in [0.1, 0.15) is 6.23 Å². The molecule has 0 radical (unpaired) electrons. The molecule has 1 aromatic rings. The van der Waals surface area contributed by atoms with Gasteiger partial charge in [-0.25, -0.2) is 4.79 Å². The average molecular weight is 246 g/mol. The third-order valence-electron chi connectivity index (χ3n) is 2.75. The van der Waals surface area contributed by atoms with Crippen LogP contribution in [0.4, 0.5) is 4.39 Å². The van der Waals surface area contributed by atoms with Gasteiger partial charge in [-0.3, -0.25) is 14.3 Å². The predicted octanol–water partition coefficient (Wildman–Crippen LogP) is -1.83.